The van der Waals surface area contributed by atoms with Gasteiger partial charge in [0.2, 0.25) is 0 Å². The first-order valence-electron chi connectivity index (χ1n) is 5.49. The Labute approximate surface area is 107 Å². The van der Waals surface area contributed by atoms with E-state index in [1.54, 1.807) is 31.2 Å². The van der Waals surface area contributed by atoms with Gasteiger partial charge in [0.25, 0.3) is 10.2 Å². The summed E-state index contributed by atoms with van der Waals surface area (Å²) in [5.41, 5.74) is 1.16. The number of nitrogens with one attached hydrogen (secondary N) is 2. The highest BCUT2D eigenvalue weighted by atomic mass is 32.2. The van der Waals surface area contributed by atoms with Gasteiger partial charge < -0.3 is 9.84 Å². The van der Waals surface area contributed by atoms with E-state index in [4.69, 9.17) is 4.74 Å². The van der Waals surface area contributed by atoms with Crippen molar-refractivity contribution in [3.63, 3.8) is 0 Å². The molecule has 0 saturated carbocycles. The molecule has 0 radical (unpaired) electrons. The van der Waals surface area contributed by atoms with Crippen LogP contribution in [0.1, 0.15) is 18.6 Å². The molecule has 0 aliphatic carbocycles. The Kier molecular flexibility index (Phi) is 5.54. The molecule has 1 rings (SSSR count). The van der Waals surface area contributed by atoms with Crippen LogP contribution < -0.4 is 9.44 Å². The van der Waals surface area contributed by atoms with Crippen molar-refractivity contribution in [1.82, 2.24) is 4.72 Å². The number of methoxy groups -OCH3 is 1. The van der Waals surface area contributed by atoms with E-state index in [1.807, 2.05) is 0 Å². The summed E-state index contributed by atoms with van der Waals surface area (Å²) in [5.74, 6) is 0. The van der Waals surface area contributed by atoms with Gasteiger partial charge >= 0.3 is 0 Å². The Bertz CT molecular complexity index is 456. The predicted molar refractivity (Wildman–Crippen MR) is 69.5 cm³/mol. The smallest absolute Gasteiger partial charge is 0.299 e. The van der Waals surface area contributed by atoms with E-state index in [-0.39, 0.29) is 6.54 Å². The second-order valence-electron chi connectivity index (χ2n) is 3.79. The van der Waals surface area contributed by atoms with E-state index in [9.17, 15) is 13.5 Å². The molecule has 0 fully saturated rings. The standard InChI is InChI=1S/C11H18N2O4S/c1-9(14)10-3-5-11(6-4-10)13-18(15,16)12-7-8-17-2/h3-6,9,12-14H,7-8H2,1-2H3. The molecule has 6 nitrogen and oxygen atoms in total. The molecule has 102 valence electrons. The Morgan fingerprint density at radius 1 is 1.33 bits per heavy atom. The molecule has 0 heterocycles. The van der Waals surface area contributed by atoms with E-state index in [0.717, 1.165) is 5.56 Å². The van der Waals surface area contributed by atoms with Crippen LogP contribution in [0.3, 0.4) is 0 Å². The highest BCUT2D eigenvalue weighted by molar-refractivity contribution is 7.90. The van der Waals surface area contributed by atoms with Gasteiger partial charge in [-0.3, -0.25) is 4.72 Å². The second kappa shape index (κ2) is 6.69. The maximum Gasteiger partial charge on any atom is 0.299 e. The molecule has 0 spiro atoms. The summed E-state index contributed by atoms with van der Waals surface area (Å²) in [7, 11) is -2.09. The molecule has 1 aromatic rings. The van der Waals surface area contributed by atoms with Gasteiger partial charge in [-0.2, -0.15) is 13.1 Å². The molecular formula is C11H18N2O4S. The normalized spacial score (nSPS) is 13.3. The van der Waals surface area contributed by atoms with E-state index < -0.39 is 16.3 Å². The Morgan fingerprint density at radius 3 is 2.44 bits per heavy atom. The number of hydrogen-bond donors (Lipinski definition) is 3. The minimum absolute atomic E-state index is 0.206. The SMILES string of the molecule is COCCNS(=O)(=O)Nc1ccc(C(C)O)cc1. The molecule has 0 aromatic heterocycles. The fraction of sp³-hybridized carbons (Fsp3) is 0.455. The van der Waals surface area contributed by atoms with Gasteiger partial charge in [-0.1, -0.05) is 12.1 Å². The number of aliphatic hydroxyl groups excluding tert-OH is 1. The Balaban J connectivity index is 2.61. The first kappa shape index (κ1) is 14.9. The summed E-state index contributed by atoms with van der Waals surface area (Å²) >= 11 is 0. The highest BCUT2D eigenvalue weighted by Crippen LogP contribution is 2.16. The molecule has 0 aliphatic rings. The summed E-state index contributed by atoms with van der Waals surface area (Å²) in [6.45, 7) is 2.16. The lowest BCUT2D eigenvalue weighted by Crippen LogP contribution is -2.32. The van der Waals surface area contributed by atoms with Gasteiger partial charge in [0.05, 0.1) is 12.7 Å². The number of ether oxygens (including phenoxy) is 1. The molecule has 1 unspecified atom stereocenters. The number of aliphatic hydroxyl groups is 1. The van der Waals surface area contributed by atoms with E-state index in [0.29, 0.717) is 12.3 Å². The van der Waals surface area contributed by atoms with Crippen LogP contribution in [0.5, 0.6) is 0 Å². The van der Waals surface area contributed by atoms with Crippen molar-refractivity contribution in [2.45, 2.75) is 13.0 Å². The zero-order valence-corrected chi connectivity index (χ0v) is 11.2. The molecule has 0 saturated heterocycles. The van der Waals surface area contributed by atoms with Crippen molar-refractivity contribution in [1.29, 1.82) is 0 Å². The zero-order valence-electron chi connectivity index (χ0n) is 10.4. The van der Waals surface area contributed by atoms with Crippen molar-refractivity contribution >= 4 is 15.9 Å². The molecule has 0 aliphatic heterocycles. The fourth-order valence-electron chi connectivity index (χ4n) is 1.30. The topological polar surface area (TPSA) is 87.7 Å². The number of hydrogen-bond acceptors (Lipinski definition) is 4. The average molecular weight is 274 g/mol. The van der Waals surface area contributed by atoms with Gasteiger partial charge in [0.1, 0.15) is 0 Å². The van der Waals surface area contributed by atoms with Gasteiger partial charge in [-0.15, -0.1) is 0 Å². The number of benzene rings is 1. The molecule has 0 bridgehead atoms. The minimum atomic E-state index is -3.58. The molecule has 18 heavy (non-hydrogen) atoms. The van der Waals surface area contributed by atoms with Crippen LogP contribution >= 0.6 is 0 Å². The van der Waals surface area contributed by atoms with Gasteiger partial charge in [0.15, 0.2) is 0 Å². The quantitative estimate of drug-likeness (QED) is 0.636. The first-order chi connectivity index (χ1) is 8.44. The number of anilines is 1. The summed E-state index contributed by atoms with van der Waals surface area (Å²) in [4.78, 5) is 0. The first-order valence-corrected chi connectivity index (χ1v) is 6.97. The summed E-state index contributed by atoms with van der Waals surface area (Å²) in [5, 5.41) is 9.33. The van der Waals surface area contributed by atoms with Crippen LogP contribution in [0.2, 0.25) is 0 Å². The third kappa shape index (κ3) is 5.01. The van der Waals surface area contributed by atoms with Crippen LogP contribution in [0.4, 0.5) is 5.69 Å². The molecule has 1 aromatic carbocycles. The second-order valence-corrected chi connectivity index (χ2v) is 5.29. The largest absolute Gasteiger partial charge is 0.389 e. The molecule has 1 atom stereocenters. The van der Waals surface area contributed by atoms with Crippen molar-refractivity contribution in [3.05, 3.63) is 29.8 Å². The van der Waals surface area contributed by atoms with Crippen LogP contribution in [0, 0.1) is 0 Å². The van der Waals surface area contributed by atoms with E-state index in [2.05, 4.69) is 9.44 Å². The zero-order chi connectivity index (χ0) is 13.6. The Hall–Kier alpha value is -1.15. The van der Waals surface area contributed by atoms with Crippen molar-refractivity contribution < 1.29 is 18.3 Å². The summed E-state index contributed by atoms with van der Waals surface area (Å²) in [6, 6.07) is 6.52. The third-order valence-electron chi connectivity index (χ3n) is 2.24. The van der Waals surface area contributed by atoms with E-state index >= 15 is 0 Å². The monoisotopic (exact) mass is 274 g/mol. The fourth-order valence-corrected chi connectivity index (χ4v) is 2.17. The van der Waals surface area contributed by atoms with Crippen LogP contribution in [0.25, 0.3) is 0 Å². The van der Waals surface area contributed by atoms with E-state index in [1.165, 1.54) is 7.11 Å². The van der Waals surface area contributed by atoms with Crippen molar-refractivity contribution in [3.8, 4) is 0 Å². The lowest BCUT2D eigenvalue weighted by Gasteiger charge is -2.10. The molecule has 3 N–H and O–H groups in total. The van der Waals surface area contributed by atoms with Crippen molar-refractivity contribution in [2.24, 2.45) is 0 Å². The average Bonchev–Trinajstić information content (AvgIpc) is 2.29. The lowest BCUT2D eigenvalue weighted by atomic mass is 10.1. The maximum absolute atomic E-state index is 11.6. The van der Waals surface area contributed by atoms with Gasteiger partial charge in [-0.25, -0.2) is 0 Å². The lowest BCUT2D eigenvalue weighted by molar-refractivity contribution is 0.199. The third-order valence-corrected chi connectivity index (χ3v) is 3.33. The van der Waals surface area contributed by atoms with Crippen molar-refractivity contribution in [2.75, 3.05) is 25.0 Å². The number of rotatable bonds is 7. The van der Waals surface area contributed by atoms with Gasteiger partial charge in [-0.05, 0) is 24.6 Å². The van der Waals surface area contributed by atoms with Gasteiger partial charge in [0, 0.05) is 19.3 Å². The predicted octanol–water partition coefficient (Wildman–Crippen LogP) is 0.633. The maximum atomic E-state index is 11.6. The summed E-state index contributed by atoms with van der Waals surface area (Å²) in [6.07, 6.45) is -0.574. The molecule has 7 heteroatoms. The van der Waals surface area contributed by atoms with Crippen LogP contribution in [0.15, 0.2) is 24.3 Å². The van der Waals surface area contributed by atoms with Crippen LogP contribution in [-0.4, -0.2) is 33.8 Å². The minimum Gasteiger partial charge on any atom is -0.389 e. The molecular weight excluding hydrogens is 256 g/mol. The summed E-state index contributed by atoms with van der Waals surface area (Å²) < 4.78 is 32.6. The molecule has 0 amide bonds. The Morgan fingerprint density at radius 2 is 1.94 bits per heavy atom. The highest BCUT2D eigenvalue weighted by Gasteiger charge is 2.09. The van der Waals surface area contributed by atoms with Crippen LogP contribution in [-0.2, 0) is 14.9 Å².